The number of esters is 1. The molecular weight excluding hydrogens is 322 g/mol. The molecule has 124 valence electrons. The summed E-state index contributed by atoms with van der Waals surface area (Å²) in [6.07, 6.45) is 5.11. The molecule has 0 unspecified atom stereocenters. The zero-order valence-electron chi connectivity index (χ0n) is 12.6. The van der Waals surface area contributed by atoms with Gasteiger partial charge in [0.25, 0.3) is 15.9 Å². The third-order valence-electron chi connectivity index (χ3n) is 3.15. The molecule has 1 amide bonds. The predicted molar refractivity (Wildman–Crippen MR) is 83.9 cm³/mol. The molecule has 0 aromatic heterocycles. The van der Waals surface area contributed by atoms with E-state index in [-0.39, 0.29) is 30.3 Å². The van der Waals surface area contributed by atoms with Crippen LogP contribution in [0.15, 0.2) is 41.0 Å². The highest BCUT2D eigenvalue weighted by Crippen LogP contribution is 2.19. The van der Waals surface area contributed by atoms with Crippen LogP contribution in [0, 0.1) is 0 Å². The van der Waals surface area contributed by atoms with E-state index in [9.17, 15) is 18.0 Å². The van der Waals surface area contributed by atoms with Gasteiger partial charge >= 0.3 is 5.97 Å². The highest BCUT2D eigenvalue weighted by atomic mass is 32.2. The number of hydrogen-bond acceptors (Lipinski definition) is 6. The molecule has 9 heteroatoms. The molecule has 2 aliphatic rings. The van der Waals surface area contributed by atoms with Crippen LogP contribution in [0.1, 0.15) is 6.92 Å². The maximum atomic E-state index is 12.2. The van der Waals surface area contributed by atoms with Gasteiger partial charge in [0.1, 0.15) is 5.57 Å². The van der Waals surface area contributed by atoms with Gasteiger partial charge in [-0.15, -0.1) is 11.0 Å². The van der Waals surface area contributed by atoms with Crippen molar-refractivity contribution in [3.8, 4) is 0 Å². The largest absolute Gasteiger partial charge is 0.449 e. The second-order valence-electron chi connectivity index (χ2n) is 4.90. The van der Waals surface area contributed by atoms with E-state index < -0.39 is 28.0 Å². The van der Waals surface area contributed by atoms with Gasteiger partial charge in [-0.1, -0.05) is 6.08 Å². The fraction of sp³-hybridized carbons (Fsp3) is 0.357. The predicted octanol–water partition coefficient (Wildman–Crippen LogP) is -0.282. The first-order valence-corrected chi connectivity index (χ1v) is 8.52. The first-order valence-electron chi connectivity index (χ1n) is 6.92. The number of carbonyl (C=O) groups is 2. The van der Waals surface area contributed by atoms with Gasteiger partial charge in [-0.3, -0.25) is 4.79 Å². The topological polar surface area (TPSA) is 105 Å². The molecule has 0 aromatic rings. The Morgan fingerprint density at radius 1 is 1.57 bits per heavy atom. The van der Waals surface area contributed by atoms with Crippen LogP contribution >= 0.6 is 0 Å². The molecule has 2 rings (SSSR count). The van der Waals surface area contributed by atoms with Crippen molar-refractivity contribution in [2.75, 3.05) is 18.8 Å². The second kappa shape index (κ2) is 6.78. The van der Waals surface area contributed by atoms with Crippen LogP contribution in [0.4, 0.5) is 0 Å². The molecule has 0 fully saturated rings. The SMILES string of the molecule is C=CCNC(=O)[C@@H](C)OC(=O)C1=CC=CN2CCS(=O)(=O)N=C12. The molecular formula is C14H17N3O5S. The zero-order valence-corrected chi connectivity index (χ0v) is 13.4. The van der Waals surface area contributed by atoms with Crippen LogP contribution in [0.5, 0.6) is 0 Å². The lowest BCUT2D eigenvalue weighted by Crippen LogP contribution is -2.42. The number of nitrogens with zero attached hydrogens (tertiary/aromatic N) is 2. The summed E-state index contributed by atoms with van der Waals surface area (Å²) in [5, 5.41) is 2.51. The standard InChI is InChI=1S/C14H17N3O5S/c1-3-6-15-13(18)10(2)22-14(19)11-5-4-7-17-8-9-23(20,21)16-12(11)17/h3-5,7,10H,1,6,8-9H2,2H3,(H,15,18)/t10-/m1/s1. The Balaban J connectivity index is 2.14. The summed E-state index contributed by atoms with van der Waals surface area (Å²) in [5.41, 5.74) is -0.000791. The fourth-order valence-electron chi connectivity index (χ4n) is 1.97. The Labute approximate surface area is 134 Å². The number of nitrogens with one attached hydrogen (secondary N) is 1. The smallest absolute Gasteiger partial charge is 0.342 e. The average Bonchev–Trinajstić information content (AvgIpc) is 2.50. The summed E-state index contributed by atoms with van der Waals surface area (Å²) in [4.78, 5) is 25.5. The van der Waals surface area contributed by atoms with Crippen molar-refractivity contribution >= 4 is 27.7 Å². The number of amidine groups is 1. The summed E-state index contributed by atoms with van der Waals surface area (Å²) in [5.74, 6) is -1.39. The second-order valence-corrected chi connectivity index (χ2v) is 6.65. The molecule has 0 saturated heterocycles. The zero-order chi connectivity index (χ0) is 17.0. The molecule has 0 radical (unpaired) electrons. The van der Waals surface area contributed by atoms with Crippen molar-refractivity contribution < 1.29 is 22.7 Å². The third kappa shape index (κ3) is 4.07. The van der Waals surface area contributed by atoms with Crippen molar-refractivity contribution in [3.05, 3.63) is 36.6 Å². The van der Waals surface area contributed by atoms with Crippen LogP contribution in [0.25, 0.3) is 0 Å². The normalized spacial score (nSPS) is 19.8. The number of allylic oxidation sites excluding steroid dienone is 2. The maximum Gasteiger partial charge on any atom is 0.342 e. The van der Waals surface area contributed by atoms with E-state index in [0.29, 0.717) is 0 Å². The van der Waals surface area contributed by atoms with Crippen LogP contribution in [0.3, 0.4) is 0 Å². The number of ether oxygens (including phenoxy) is 1. The number of rotatable bonds is 5. The molecule has 1 N–H and O–H groups in total. The first-order chi connectivity index (χ1) is 10.8. The van der Waals surface area contributed by atoms with Gasteiger partial charge in [-0.2, -0.15) is 0 Å². The van der Waals surface area contributed by atoms with Crippen molar-refractivity contribution in [1.82, 2.24) is 10.2 Å². The van der Waals surface area contributed by atoms with Gasteiger partial charge in [-0.05, 0) is 19.1 Å². The third-order valence-corrected chi connectivity index (χ3v) is 4.30. The summed E-state index contributed by atoms with van der Waals surface area (Å²) in [6.45, 7) is 5.35. The molecule has 0 bridgehead atoms. The molecule has 0 aromatic carbocycles. The number of sulfonamides is 1. The summed E-state index contributed by atoms with van der Waals surface area (Å²) >= 11 is 0. The van der Waals surface area contributed by atoms with E-state index in [1.165, 1.54) is 19.1 Å². The van der Waals surface area contributed by atoms with Gasteiger partial charge in [0.2, 0.25) is 0 Å². The molecule has 1 atom stereocenters. The van der Waals surface area contributed by atoms with Crippen LogP contribution in [0.2, 0.25) is 0 Å². The van der Waals surface area contributed by atoms with E-state index >= 15 is 0 Å². The van der Waals surface area contributed by atoms with Crippen molar-refractivity contribution in [2.45, 2.75) is 13.0 Å². The quantitative estimate of drug-likeness (QED) is 0.545. The van der Waals surface area contributed by atoms with Crippen molar-refractivity contribution in [1.29, 1.82) is 0 Å². The van der Waals surface area contributed by atoms with Crippen LogP contribution in [-0.2, 0) is 24.3 Å². The van der Waals surface area contributed by atoms with Gasteiger partial charge in [0, 0.05) is 19.3 Å². The molecule has 0 saturated carbocycles. The lowest BCUT2D eigenvalue weighted by molar-refractivity contribution is -0.150. The molecule has 2 aliphatic heterocycles. The highest BCUT2D eigenvalue weighted by molar-refractivity contribution is 7.90. The van der Waals surface area contributed by atoms with E-state index in [0.717, 1.165) is 0 Å². The Bertz CT molecular complexity index is 721. The Morgan fingerprint density at radius 3 is 3.00 bits per heavy atom. The van der Waals surface area contributed by atoms with Gasteiger partial charge in [0.15, 0.2) is 11.9 Å². The lowest BCUT2D eigenvalue weighted by atomic mass is 10.1. The van der Waals surface area contributed by atoms with Crippen LogP contribution < -0.4 is 5.32 Å². The van der Waals surface area contributed by atoms with Crippen molar-refractivity contribution in [2.24, 2.45) is 4.40 Å². The van der Waals surface area contributed by atoms with Gasteiger partial charge < -0.3 is 15.0 Å². The fourth-order valence-corrected chi connectivity index (χ4v) is 2.95. The number of hydrogen-bond donors (Lipinski definition) is 1. The molecule has 2 heterocycles. The molecule has 23 heavy (non-hydrogen) atoms. The van der Waals surface area contributed by atoms with E-state index in [1.807, 2.05) is 0 Å². The van der Waals surface area contributed by atoms with Gasteiger partial charge in [-0.25, -0.2) is 13.2 Å². The summed E-state index contributed by atoms with van der Waals surface area (Å²) < 4.78 is 32.0. The van der Waals surface area contributed by atoms with E-state index in [2.05, 4.69) is 16.3 Å². The number of amides is 1. The lowest BCUT2D eigenvalue weighted by Gasteiger charge is -2.28. The monoisotopic (exact) mass is 339 g/mol. The Morgan fingerprint density at radius 2 is 2.30 bits per heavy atom. The maximum absolute atomic E-state index is 12.2. The highest BCUT2D eigenvalue weighted by Gasteiger charge is 2.32. The minimum atomic E-state index is -3.60. The summed E-state index contributed by atoms with van der Waals surface area (Å²) in [7, 11) is -3.60. The first kappa shape index (κ1) is 16.9. The van der Waals surface area contributed by atoms with E-state index in [4.69, 9.17) is 4.74 Å². The van der Waals surface area contributed by atoms with Gasteiger partial charge in [0.05, 0.1) is 5.75 Å². The molecule has 0 aliphatic carbocycles. The Kier molecular flexibility index (Phi) is 4.99. The minimum Gasteiger partial charge on any atom is -0.449 e. The van der Waals surface area contributed by atoms with Crippen LogP contribution in [-0.4, -0.2) is 56.0 Å². The minimum absolute atomic E-state index is 0.000791. The number of carbonyl (C=O) groups excluding carboxylic acids is 2. The Hall–Kier alpha value is -2.42. The molecule has 0 spiro atoms. The summed E-state index contributed by atoms with van der Waals surface area (Å²) in [6, 6.07) is 0. The van der Waals surface area contributed by atoms with Crippen molar-refractivity contribution in [3.63, 3.8) is 0 Å². The number of fused-ring (bicyclic) bond motifs is 1. The average molecular weight is 339 g/mol. The van der Waals surface area contributed by atoms with E-state index in [1.54, 1.807) is 17.2 Å². The molecule has 8 nitrogen and oxygen atoms in total.